The monoisotopic (exact) mass is 409 g/mol. The van der Waals surface area contributed by atoms with Gasteiger partial charge in [-0.2, -0.15) is 0 Å². The van der Waals surface area contributed by atoms with Crippen LogP contribution in [0, 0.1) is 26.2 Å². The quantitative estimate of drug-likeness (QED) is 0.273. The van der Waals surface area contributed by atoms with Crippen LogP contribution >= 0.6 is 0 Å². The fourth-order valence-electron chi connectivity index (χ4n) is 5.32. The van der Waals surface area contributed by atoms with Crippen LogP contribution in [0.2, 0.25) is 0 Å². The van der Waals surface area contributed by atoms with Crippen LogP contribution in [0.25, 0.3) is 0 Å². The molecule has 0 aromatic heterocycles. The lowest BCUT2D eigenvalue weighted by molar-refractivity contribution is -0.116. The molecular weight excluding hydrogens is 374 g/mol. The van der Waals surface area contributed by atoms with E-state index in [0.29, 0.717) is 30.5 Å². The molecule has 0 radical (unpaired) electrons. The normalized spacial score (nSPS) is 21.1. The summed E-state index contributed by atoms with van der Waals surface area (Å²) in [7, 11) is 0. The minimum atomic E-state index is -0.0520. The van der Waals surface area contributed by atoms with Crippen molar-refractivity contribution in [2.45, 2.75) is 79.6 Å². The number of aliphatic hydroxyl groups excluding tert-OH is 1. The first-order chi connectivity index (χ1) is 14.1. The molecule has 2 aliphatic carbocycles. The molecule has 2 aliphatic rings. The van der Waals surface area contributed by atoms with Crippen LogP contribution < -0.4 is 0 Å². The van der Waals surface area contributed by atoms with Crippen molar-refractivity contribution in [2.75, 3.05) is 6.61 Å². The smallest absolute Gasteiger partial charge is 0.168 e. The second-order valence-electron chi connectivity index (χ2n) is 9.59. The molecule has 4 nitrogen and oxygen atoms in total. The summed E-state index contributed by atoms with van der Waals surface area (Å²) in [5, 5.41) is 14.9. The van der Waals surface area contributed by atoms with Crippen LogP contribution in [-0.4, -0.2) is 23.2 Å². The number of fused-ring (bicyclic) bond motifs is 1. The van der Waals surface area contributed by atoms with Crippen molar-refractivity contribution in [1.82, 2.24) is 0 Å². The van der Waals surface area contributed by atoms with E-state index >= 15 is 0 Å². The van der Waals surface area contributed by atoms with Crippen molar-refractivity contribution in [3.05, 3.63) is 57.4 Å². The maximum absolute atomic E-state index is 13.1. The summed E-state index contributed by atoms with van der Waals surface area (Å²) in [6.07, 6.45) is 5.16. The highest BCUT2D eigenvalue weighted by atomic mass is 16.6. The van der Waals surface area contributed by atoms with E-state index in [1.165, 1.54) is 33.4 Å². The van der Waals surface area contributed by atoms with Crippen molar-refractivity contribution in [1.29, 1.82) is 0 Å². The van der Waals surface area contributed by atoms with E-state index in [0.717, 1.165) is 12.8 Å². The SMILES string of the molecule is C=CCON=C(CC)C1=C(O)CC(c2c(C)c(C)c3c(c2C)CC(C)(C)C3)CC1=O. The summed E-state index contributed by atoms with van der Waals surface area (Å²) >= 11 is 0. The Bertz CT molecular complexity index is 950. The Kier molecular flexibility index (Phi) is 6.26. The first-order valence-corrected chi connectivity index (χ1v) is 11.0. The number of rotatable bonds is 6. The zero-order valence-electron chi connectivity index (χ0n) is 19.3. The van der Waals surface area contributed by atoms with Gasteiger partial charge in [0.05, 0.1) is 11.3 Å². The number of hydrogen-bond donors (Lipinski definition) is 1. The Morgan fingerprint density at radius 1 is 1.17 bits per heavy atom. The lowest BCUT2D eigenvalue weighted by atomic mass is 9.75. The zero-order valence-corrected chi connectivity index (χ0v) is 19.3. The Balaban J connectivity index is 2.00. The summed E-state index contributed by atoms with van der Waals surface area (Å²) in [5.41, 5.74) is 9.26. The van der Waals surface area contributed by atoms with Crippen molar-refractivity contribution in [3.63, 3.8) is 0 Å². The molecular formula is C26H35NO3. The maximum atomic E-state index is 13.1. The van der Waals surface area contributed by atoms with E-state index in [1.54, 1.807) is 6.08 Å². The number of benzene rings is 1. The number of carbonyl (C=O) groups excluding carboxylic acids is 1. The highest BCUT2D eigenvalue weighted by Crippen LogP contribution is 2.46. The fraction of sp³-hybridized carbons (Fsp3) is 0.538. The molecule has 1 atom stereocenters. The number of ketones is 1. The molecule has 1 aromatic carbocycles. The fourth-order valence-corrected chi connectivity index (χ4v) is 5.32. The predicted molar refractivity (Wildman–Crippen MR) is 122 cm³/mol. The molecule has 4 heteroatoms. The molecule has 1 aromatic rings. The number of aliphatic hydroxyl groups is 1. The van der Waals surface area contributed by atoms with Gasteiger partial charge in [0.2, 0.25) is 0 Å². The molecule has 0 amide bonds. The van der Waals surface area contributed by atoms with Gasteiger partial charge in [-0.25, -0.2) is 0 Å². The predicted octanol–water partition coefficient (Wildman–Crippen LogP) is 5.96. The number of oxime groups is 1. The molecule has 0 saturated carbocycles. The molecule has 0 heterocycles. The highest BCUT2D eigenvalue weighted by Gasteiger charge is 2.37. The van der Waals surface area contributed by atoms with Crippen molar-refractivity contribution < 1.29 is 14.7 Å². The summed E-state index contributed by atoms with van der Waals surface area (Å²) in [6.45, 7) is 17.0. The van der Waals surface area contributed by atoms with E-state index < -0.39 is 0 Å². The van der Waals surface area contributed by atoms with Crippen LogP contribution in [0.5, 0.6) is 0 Å². The van der Waals surface area contributed by atoms with Crippen LogP contribution in [0.15, 0.2) is 29.1 Å². The first-order valence-electron chi connectivity index (χ1n) is 11.0. The van der Waals surface area contributed by atoms with Gasteiger partial charge < -0.3 is 9.94 Å². The molecule has 162 valence electrons. The van der Waals surface area contributed by atoms with E-state index in [4.69, 9.17) is 4.84 Å². The average molecular weight is 410 g/mol. The Morgan fingerprint density at radius 2 is 1.80 bits per heavy atom. The van der Waals surface area contributed by atoms with Gasteiger partial charge in [0.1, 0.15) is 12.4 Å². The third-order valence-electron chi connectivity index (χ3n) is 6.79. The van der Waals surface area contributed by atoms with Gasteiger partial charge in [0.15, 0.2) is 5.78 Å². The molecule has 1 N–H and O–H groups in total. The summed E-state index contributed by atoms with van der Waals surface area (Å²) in [6, 6.07) is 0. The van der Waals surface area contributed by atoms with Crippen molar-refractivity contribution >= 4 is 11.5 Å². The molecule has 1 unspecified atom stereocenters. The number of allylic oxidation sites excluding steroid dienone is 2. The van der Waals surface area contributed by atoms with Crippen LogP contribution in [0.3, 0.4) is 0 Å². The topological polar surface area (TPSA) is 58.9 Å². The Hall–Kier alpha value is -2.36. The van der Waals surface area contributed by atoms with Crippen molar-refractivity contribution in [3.8, 4) is 0 Å². The average Bonchev–Trinajstić information content (AvgIpc) is 3.00. The van der Waals surface area contributed by atoms with Crippen LogP contribution in [0.4, 0.5) is 0 Å². The molecule has 0 bridgehead atoms. The van der Waals surface area contributed by atoms with Gasteiger partial charge in [0.25, 0.3) is 0 Å². The summed E-state index contributed by atoms with van der Waals surface area (Å²) < 4.78 is 0. The standard InChI is InChI=1S/C26H35NO3/c1-8-10-30-27-21(9-2)25-22(28)11-18(12-23(25)29)24-16(4)15(3)19-13-26(6,7)14-20(19)17(24)5/h8,18,28H,1,9-14H2,2-7H3. The molecule has 0 saturated heterocycles. The van der Waals surface area contributed by atoms with E-state index in [-0.39, 0.29) is 29.5 Å². The Morgan fingerprint density at radius 3 is 2.37 bits per heavy atom. The van der Waals surface area contributed by atoms with Crippen LogP contribution in [-0.2, 0) is 22.5 Å². The lowest BCUT2D eigenvalue weighted by Crippen LogP contribution is -2.25. The minimum absolute atomic E-state index is 0.00108. The minimum Gasteiger partial charge on any atom is -0.511 e. The van der Waals surface area contributed by atoms with E-state index in [2.05, 4.69) is 46.4 Å². The van der Waals surface area contributed by atoms with Gasteiger partial charge >= 0.3 is 0 Å². The number of nitrogens with zero attached hydrogens (tertiary/aromatic N) is 1. The second kappa shape index (κ2) is 8.41. The lowest BCUT2D eigenvalue weighted by Gasteiger charge is -2.29. The van der Waals surface area contributed by atoms with Gasteiger partial charge in [0, 0.05) is 12.8 Å². The largest absolute Gasteiger partial charge is 0.511 e. The molecule has 0 fully saturated rings. The maximum Gasteiger partial charge on any atom is 0.168 e. The number of Topliss-reactive ketones (excluding diaryl/α,β-unsaturated/α-hetero) is 1. The van der Waals surface area contributed by atoms with Gasteiger partial charge in [-0.3, -0.25) is 4.79 Å². The van der Waals surface area contributed by atoms with Crippen LogP contribution in [0.1, 0.15) is 79.3 Å². The molecule has 0 spiro atoms. The number of hydrogen-bond acceptors (Lipinski definition) is 4. The summed E-state index contributed by atoms with van der Waals surface area (Å²) in [4.78, 5) is 18.3. The highest BCUT2D eigenvalue weighted by molar-refractivity contribution is 6.23. The van der Waals surface area contributed by atoms with Crippen molar-refractivity contribution in [2.24, 2.45) is 10.6 Å². The summed E-state index contributed by atoms with van der Waals surface area (Å²) in [5.74, 6) is 0.0846. The van der Waals surface area contributed by atoms with E-state index in [9.17, 15) is 9.90 Å². The van der Waals surface area contributed by atoms with Gasteiger partial charge in [-0.1, -0.05) is 38.6 Å². The molecule has 30 heavy (non-hydrogen) atoms. The number of carbonyl (C=O) groups is 1. The third kappa shape index (κ3) is 3.97. The third-order valence-corrected chi connectivity index (χ3v) is 6.79. The second-order valence-corrected chi connectivity index (χ2v) is 9.59. The molecule has 3 rings (SSSR count). The Labute approximate surface area is 180 Å². The first kappa shape index (κ1) is 22.3. The van der Waals surface area contributed by atoms with E-state index in [1.807, 2.05) is 6.92 Å². The zero-order chi connectivity index (χ0) is 22.2. The van der Waals surface area contributed by atoms with Gasteiger partial charge in [-0.05, 0) is 84.7 Å². The van der Waals surface area contributed by atoms with Gasteiger partial charge in [-0.15, -0.1) is 0 Å². The molecule has 0 aliphatic heterocycles.